The second kappa shape index (κ2) is 11.7. The van der Waals surface area contributed by atoms with Gasteiger partial charge in [-0.1, -0.05) is 59.3 Å². The van der Waals surface area contributed by atoms with Gasteiger partial charge in [-0.05, 0) is 79.3 Å². The number of rotatable bonds is 10. The van der Waals surface area contributed by atoms with Crippen LogP contribution in [-0.2, 0) is 19.4 Å². The molecule has 0 fully saturated rings. The summed E-state index contributed by atoms with van der Waals surface area (Å²) in [4.78, 5) is 14.5. The third-order valence-electron chi connectivity index (χ3n) is 5.47. The zero-order chi connectivity index (χ0) is 22.1. The number of carbonyl (C=O) groups excluding carboxylic acids is 1. The van der Waals surface area contributed by atoms with E-state index >= 15 is 0 Å². The van der Waals surface area contributed by atoms with Gasteiger partial charge in [0.2, 0.25) is 0 Å². The molecule has 0 unspecified atom stereocenters. The Bertz CT molecular complexity index is 970. The second-order valence-corrected chi connectivity index (χ2v) is 8.63. The van der Waals surface area contributed by atoms with Gasteiger partial charge >= 0.3 is 0 Å². The van der Waals surface area contributed by atoms with Crippen LogP contribution in [0.15, 0.2) is 77.3 Å². The number of hydrogen-bond donors (Lipinski definition) is 1. The molecule has 0 aliphatic rings. The van der Waals surface area contributed by atoms with Gasteiger partial charge < -0.3 is 10.2 Å². The molecule has 0 aromatic heterocycles. The molecular weight excluding hydrogens is 448 g/mol. The predicted molar refractivity (Wildman–Crippen MR) is 134 cm³/mol. The quantitative estimate of drug-likeness (QED) is 0.365. The van der Waals surface area contributed by atoms with Crippen LogP contribution in [0.2, 0.25) is 0 Å². The van der Waals surface area contributed by atoms with Gasteiger partial charge in [0.15, 0.2) is 0 Å². The zero-order valence-electron chi connectivity index (χ0n) is 18.4. The van der Waals surface area contributed by atoms with Crippen molar-refractivity contribution in [3.8, 4) is 0 Å². The van der Waals surface area contributed by atoms with Crippen molar-refractivity contribution < 1.29 is 4.79 Å². The Morgan fingerprint density at radius 1 is 0.903 bits per heavy atom. The highest BCUT2D eigenvalue weighted by Crippen LogP contribution is 2.24. The lowest BCUT2D eigenvalue weighted by molar-refractivity contribution is 0.0953. The van der Waals surface area contributed by atoms with E-state index in [0.717, 1.165) is 42.5 Å². The number of nitrogens with zero attached hydrogens (tertiary/aromatic N) is 1. The van der Waals surface area contributed by atoms with Gasteiger partial charge in [-0.15, -0.1) is 0 Å². The van der Waals surface area contributed by atoms with E-state index in [4.69, 9.17) is 0 Å². The van der Waals surface area contributed by atoms with Crippen molar-refractivity contribution in [2.75, 3.05) is 18.0 Å². The van der Waals surface area contributed by atoms with E-state index in [0.29, 0.717) is 12.1 Å². The molecular formula is C27H31BrN2O. The summed E-state index contributed by atoms with van der Waals surface area (Å²) in [6, 6.07) is 25.2. The van der Waals surface area contributed by atoms with Crippen LogP contribution in [0.25, 0.3) is 0 Å². The summed E-state index contributed by atoms with van der Waals surface area (Å²) >= 11 is 3.64. The number of anilines is 1. The largest absolute Gasteiger partial charge is 0.367 e. The highest BCUT2D eigenvalue weighted by molar-refractivity contribution is 9.10. The maximum Gasteiger partial charge on any atom is 0.251 e. The van der Waals surface area contributed by atoms with Crippen LogP contribution in [0.5, 0.6) is 0 Å². The fourth-order valence-electron chi connectivity index (χ4n) is 3.66. The Morgan fingerprint density at radius 3 is 2.32 bits per heavy atom. The number of carbonyl (C=O) groups is 1. The second-order valence-electron chi connectivity index (χ2n) is 7.72. The number of aryl methyl sites for hydroxylation is 2. The zero-order valence-corrected chi connectivity index (χ0v) is 20.0. The van der Waals surface area contributed by atoms with Gasteiger partial charge in [0.25, 0.3) is 5.91 Å². The molecule has 0 aliphatic heterocycles. The Kier molecular flexibility index (Phi) is 8.72. The first-order valence-corrected chi connectivity index (χ1v) is 11.8. The molecule has 0 saturated carbocycles. The van der Waals surface area contributed by atoms with Crippen molar-refractivity contribution in [2.45, 2.75) is 39.7 Å². The molecule has 0 atom stereocenters. The third-order valence-corrected chi connectivity index (χ3v) is 5.96. The normalized spacial score (nSPS) is 10.7. The van der Waals surface area contributed by atoms with Gasteiger partial charge in [-0.2, -0.15) is 0 Å². The maximum atomic E-state index is 12.2. The minimum Gasteiger partial charge on any atom is -0.367 e. The summed E-state index contributed by atoms with van der Waals surface area (Å²) in [5.41, 5.74) is 5.90. The first-order valence-electron chi connectivity index (χ1n) is 11.0. The van der Waals surface area contributed by atoms with E-state index in [1.165, 1.54) is 16.7 Å². The molecule has 3 nitrogen and oxygen atoms in total. The van der Waals surface area contributed by atoms with E-state index in [2.05, 4.69) is 88.5 Å². The molecule has 0 heterocycles. The predicted octanol–water partition coefficient (Wildman–Crippen LogP) is 6.40. The summed E-state index contributed by atoms with van der Waals surface area (Å²) in [6.45, 7) is 6.66. The lowest BCUT2D eigenvalue weighted by Gasteiger charge is -2.25. The van der Waals surface area contributed by atoms with Crippen molar-refractivity contribution in [1.29, 1.82) is 0 Å². The van der Waals surface area contributed by atoms with Gasteiger partial charge in [0.1, 0.15) is 0 Å². The molecule has 3 rings (SSSR count). The Balaban J connectivity index is 1.73. The van der Waals surface area contributed by atoms with Crippen molar-refractivity contribution in [1.82, 2.24) is 5.32 Å². The maximum absolute atomic E-state index is 12.2. The molecule has 0 saturated heterocycles. The van der Waals surface area contributed by atoms with Crippen LogP contribution in [-0.4, -0.2) is 19.0 Å². The molecule has 162 valence electrons. The van der Waals surface area contributed by atoms with E-state index in [-0.39, 0.29) is 5.91 Å². The molecule has 3 aromatic rings. The Labute approximate surface area is 194 Å². The summed E-state index contributed by atoms with van der Waals surface area (Å²) < 4.78 is 1.10. The van der Waals surface area contributed by atoms with Crippen molar-refractivity contribution in [2.24, 2.45) is 0 Å². The minimum absolute atomic E-state index is 0.00774. The number of hydrogen-bond acceptors (Lipinski definition) is 2. The number of nitrogens with one attached hydrogen (secondary N) is 1. The van der Waals surface area contributed by atoms with Gasteiger partial charge in [-0.3, -0.25) is 4.79 Å². The van der Waals surface area contributed by atoms with E-state index < -0.39 is 0 Å². The van der Waals surface area contributed by atoms with Crippen LogP contribution in [0, 0.1) is 0 Å². The lowest BCUT2D eigenvalue weighted by atomic mass is 9.99. The first-order chi connectivity index (χ1) is 15.1. The van der Waals surface area contributed by atoms with Crippen LogP contribution < -0.4 is 10.2 Å². The Morgan fingerprint density at radius 2 is 1.65 bits per heavy atom. The number of amides is 1. The van der Waals surface area contributed by atoms with Crippen LogP contribution >= 0.6 is 15.9 Å². The molecule has 0 aliphatic carbocycles. The van der Waals surface area contributed by atoms with E-state index in [1.54, 1.807) is 0 Å². The highest BCUT2D eigenvalue weighted by Gasteiger charge is 2.11. The molecule has 1 amide bonds. The van der Waals surface area contributed by atoms with Gasteiger partial charge in [0, 0.05) is 35.4 Å². The first kappa shape index (κ1) is 23.1. The highest BCUT2D eigenvalue weighted by atomic mass is 79.9. The SMILES string of the molecule is CCCNC(=O)c1ccc(N(CC)Cc2cc(Br)ccc2CCc2ccccc2)cc1. The standard InChI is InChI=1S/C27H31BrN2O/c1-3-18-29-27(31)23-13-16-26(17-14-23)30(4-2)20-24-19-25(28)15-12-22(24)11-10-21-8-6-5-7-9-21/h5-9,12-17,19H,3-4,10-11,18,20H2,1-2H3,(H,29,31). The molecule has 0 bridgehead atoms. The smallest absolute Gasteiger partial charge is 0.251 e. The van der Waals surface area contributed by atoms with Crippen molar-refractivity contribution in [3.05, 3.63) is 99.5 Å². The van der Waals surface area contributed by atoms with Crippen LogP contribution in [0.1, 0.15) is 47.3 Å². The topological polar surface area (TPSA) is 32.3 Å². The summed E-state index contributed by atoms with van der Waals surface area (Å²) in [5, 5.41) is 2.93. The molecule has 0 radical (unpaired) electrons. The Hall–Kier alpha value is -2.59. The molecule has 1 N–H and O–H groups in total. The van der Waals surface area contributed by atoms with E-state index in [1.807, 2.05) is 24.3 Å². The fraction of sp³-hybridized carbons (Fsp3) is 0.296. The summed E-state index contributed by atoms with van der Waals surface area (Å²) in [6.07, 6.45) is 2.98. The summed E-state index contributed by atoms with van der Waals surface area (Å²) in [5.74, 6) is -0.00774. The van der Waals surface area contributed by atoms with Crippen molar-refractivity contribution in [3.63, 3.8) is 0 Å². The molecule has 4 heteroatoms. The van der Waals surface area contributed by atoms with E-state index in [9.17, 15) is 4.79 Å². The van der Waals surface area contributed by atoms with Crippen LogP contribution in [0.3, 0.4) is 0 Å². The minimum atomic E-state index is -0.00774. The monoisotopic (exact) mass is 478 g/mol. The third kappa shape index (κ3) is 6.70. The van der Waals surface area contributed by atoms with Gasteiger partial charge in [-0.25, -0.2) is 0 Å². The molecule has 31 heavy (non-hydrogen) atoms. The average molecular weight is 479 g/mol. The molecule has 0 spiro atoms. The fourth-order valence-corrected chi connectivity index (χ4v) is 4.07. The lowest BCUT2D eigenvalue weighted by Crippen LogP contribution is -2.25. The number of benzene rings is 3. The average Bonchev–Trinajstić information content (AvgIpc) is 2.81. The molecule has 3 aromatic carbocycles. The number of halogens is 1. The van der Waals surface area contributed by atoms with Crippen molar-refractivity contribution >= 4 is 27.5 Å². The van der Waals surface area contributed by atoms with Crippen LogP contribution in [0.4, 0.5) is 5.69 Å². The summed E-state index contributed by atoms with van der Waals surface area (Å²) in [7, 11) is 0. The van der Waals surface area contributed by atoms with Gasteiger partial charge in [0.05, 0.1) is 0 Å².